The summed E-state index contributed by atoms with van der Waals surface area (Å²) in [5.41, 5.74) is 0.993. The highest BCUT2D eigenvalue weighted by Crippen LogP contribution is 2.22. The topological polar surface area (TPSA) is 58.4 Å². The van der Waals surface area contributed by atoms with Crippen molar-refractivity contribution in [3.05, 3.63) is 34.2 Å². The van der Waals surface area contributed by atoms with Crippen molar-refractivity contribution in [3.63, 3.8) is 0 Å². The van der Waals surface area contributed by atoms with Gasteiger partial charge in [0.2, 0.25) is 0 Å². The maximum absolute atomic E-state index is 12.0. The molecule has 0 spiro atoms. The number of furan rings is 1. The minimum absolute atomic E-state index is 0.187. The maximum atomic E-state index is 12.0. The number of anilines is 1. The molecule has 1 amide bonds. The fourth-order valence-electron chi connectivity index (χ4n) is 2.48. The van der Waals surface area contributed by atoms with Gasteiger partial charge in [-0.15, -0.1) is 11.3 Å². The number of hydrogen-bond donors (Lipinski definition) is 1. The first-order valence-electron chi connectivity index (χ1n) is 7.33. The van der Waals surface area contributed by atoms with E-state index in [0.717, 1.165) is 31.2 Å². The molecular weight excluding hydrogens is 322 g/mol. The number of thiazole rings is 1. The fraction of sp³-hybridized carbons (Fsp3) is 0.467. The van der Waals surface area contributed by atoms with Crippen LogP contribution in [0.2, 0.25) is 5.22 Å². The van der Waals surface area contributed by atoms with Crippen LogP contribution in [-0.2, 0) is 6.54 Å². The van der Waals surface area contributed by atoms with Gasteiger partial charge in [0.1, 0.15) is 0 Å². The summed E-state index contributed by atoms with van der Waals surface area (Å²) in [6.45, 7) is 5.37. The molecule has 0 unspecified atom stereocenters. The largest absolute Gasteiger partial charge is 0.440 e. The molecule has 1 aliphatic heterocycles. The molecule has 0 atom stereocenters. The number of nitrogens with one attached hydrogen (secondary N) is 1. The summed E-state index contributed by atoms with van der Waals surface area (Å²) in [7, 11) is 0. The Labute approximate surface area is 138 Å². The van der Waals surface area contributed by atoms with Crippen LogP contribution in [0.4, 0.5) is 5.13 Å². The van der Waals surface area contributed by atoms with Gasteiger partial charge >= 0.3 is 0 Å². The standard InChI is InChI=1S/C15H18ClN3O2S/c1-10-4-6-19(7-5-10)8-11-9-22-15(17-11)18-14(20)12-2-3-13(16)21-12/h2-3,9-10H,4-8H2,1H3,(H,17,18,20). The monoisotopic (exact) mass is 339 g/mol. The van der Waals surface area contributed by atoms with Crippen LogP contribution in [0.1, 0.15) is 36.0 Å². The normalized spacial score (nSPS) is 16.8. The summed E-state index contributed by atoms with van der Waals surface area (Å²) in [6, 6.07) is 3.09. The summed E-state index contributed by atoms with van der Waals surface area (Å²) in [4.78, 5) is 18.8. The van der Waals surface area contributed by atoms with Crippen LogP contribution in [0.15, 0.2) is 21.9 Å². The molecule has 0 aliphatic carbocycles. The van der Waals surface area contributed by atoms with E-state index in [0.29, 0.717) is 5.13 Å². The summed E-state index contributed by atoms with van der Waals surface area (Å²) < 4.78 is 5.08. The second-order valence-electron chi connectivity index (χ2n) is 5.66. The zero-order chi connectivity index (χ0) is 15.5. The highest BCUT2D eigenvalue weighted by molar-refractivity contribution is 7.13. The molecule has 3 heterocycles. The van der Waals surface area contributed by atoms with Gasteiger partial charge in [-0.3, -0.25) is 15.0 Å². The van der Waals surface area contributed by atoms with Crippen LogP contribution in [0.5, 0.6) is 0 Å². The molecule has 118 valence electrons. The smallest absolute Gasteiger partial charge is 0.293 e. The van der Waals surface area contributed by atoms with Crippen LogP contribution < -0.4 is 5.32 Å². The number of likely N-dealkylation sites (tertiary alicyclic amines) is 1. The van der Waals surface area contributed by atoms with Crippen molar-refractivity contribution in [2.75, 3.05) is 18.4 Å². The quantitative estimate of drug-likeness (QED) is 0.918. The van der Waals surface area contributed by atoms with Gasteiger partial charge in [0.05, 0.1) is 5.69 Å². The highest BCUT2D eigenvalue weighted by atomic mass is 35.5. The molecule has 1 N–H and O–H groups in total. The molecule has 22 heavy (non-hydrogen) atoms. The molecule has 5 nitrogen and oxygen atoms in total. The van der Waals surface area contributed by atoms with Gasteiger partial charge in [-0.2, -0.15) is 0 Å². The van der Waals surface area contributed by atoms with E-state index in [4.69, 9.17) is 16.0 Å². The van der Waals surface area contributed by atoms with E-state index in [1.807, 2.05) is 5.38 Å². The third-order valence-corrected chi connectivity index (χ3v) is 4.84. The average Bonchev–Trinajstić information content (AvgIpc) is 3.11. The van der Waals surface area contributed by atoms with Crippen molar-refractivity contribution >= 4 is 34.0 Å². The fourth-order valence-corrected chi connectivity index (χ4v) is 3.32. The number of carbonyl (C=O) groups is 1. The molecule has 1 saturated heterocycles. The Morgan fingerprint density at radius 2 is 2.27 bits per heavy atom. The molecule has 1 aliphatic rings. The highest BCUT2D eigenvalue weighted by Gasteiger charge is 2.17. The van der Waals surface area contributed by atoms with Crippen molar-refractivity contribution in [2.45, 2.75) is 26.3 Å². The number of halogens is 1. The molecule has 2 aromatic rings. The van der Waals surface area contributed by atoms with E-state index in [9.17, 15) is 4.79 Å². The zero-order valence-electron chi connectivity index (χ0n) is 12.3. The summed E-state index contributed by atoms with van der Waals surface area (Å²) in [5, 5.41) is 5.50. The lowest BCUT2D eigenvalue weighted by Gasteiger charge is -2.29. The molecule has 1 fully saturated rings. The van der Waals surface area contributed by atoms with E-state index >= 15 is 0 Å². The van der Waals surface area contributed by atoms with Crippen molar-refractivity contribution in [2.24, 2.45) is 5.92 Å². The number of rotatable bonds is 4. The van der Waals surface area contributed by atoms with Gasteiger partial charge in [0.15, 0.2) is 16.1 Å². The van der Waals surface area contributed by atoms with Crippen LogP contribution in [-0.4, -0.2) is 28.9 Å². The number of aromatic nitrogens is 1. The van der Waals surface area contributed by atoms with E-state index in [1.165, 1.54) is 24.2 Å². The van der Waals surface area contributed by atoms with Crippen molar-refractivity contribution < 1.29 is 9.21 Å². The van der Waals surface area contributed by atoms with Crippen molar-refractivity contribution in [1.29, 1.82) is 0 Å². The van der Waals surface area contributed by atoms with Crippen molar-refractivity contribution in [1.82, 2.24) is 9.88 Å². The molecule has 7 heteroatoms. The third kappa shape index (κ3) is 3.88. The number of carbonyl (C=O) groups excluding carboxylic acids is 1. The summed E-state index contributed by atoms with van der Waals surface area (Å²) >= 11 is 7.09. The second-order valence-corrected chi connectivity index (χ2v) is 6.89. The van der Waals surface area contributed by atoms with E-state index in [2.05, 4.69) is 22.1 Å². The Bertz CT molecular complexity index is 647. The van der Waals surface area contributed by atoms with Crippen LogP contribution >= 0.6 is 22.9 Å². The number of hydrogen-bond acceptors (Lipinski definition) is 5. The molecule has 0 aromatic carbocycles. The molecular formula is C15H18ClN3O2S. The SMILES string of the molecule is CC1CCN(Cc2csc(NC(=O)c3ccc(Cl)o3)n2)CC1. The summed E-state index contributed by atoms with van der Waals surface area (Å²) in [5.74, 6) is 0.674. The Kier molecular flexibility index (Phi) is 4.81. The predicted molar refractivity (Wildman–Crippen MR) is 87.5 cm³/mol. The third-order valence-electron chi connectivity index (χ3n) is 3.83. The number of nitrogens with zero attached hydrogens (tertiary/aromatic N) is 2. The average molecular weight is 340 g/mol. The lowest BCUT2D eigenvalue weighted by molar-refractivity contribution is 0.0996. The molecule has 0 bridgehead atoms. The first kappa shape index (κ1) is 15.5. The van der Waals surface area contributed by atoms with Gasteiger partial charge in [-0.05, 0) is 55.6 Å². The number of amides is 1. The number of piperidine rings is 1. The molecule has 0 radical (unpaired) electrons. The Morgan fingerprint density at radius 3 is 2.95 bits per heavy atom. The Hall–Kier alpha value is -1.37. The van der Waals surface area contributed by atoms with E-state index < -0.39 is 0 Å². The maximum Gasteiger partial charge on any atom is 0.293 e. The lowest BCUT2D eigenvalue weighted by atomic mass is 9.99. The van der Waals surface area contributed by atoms with Gasteiger partial charge in [-0.25, -0.2) is 4.98 Å². The van der Waals surface area contributed by atoms with E-state index in [1.54, 1.807) is 12.1 Å². The molecule has 3 rings (SSSR count). The first-order chi connectivity index (χ1) is 10.6. The minimum Gasteiger partial charge on any atom is -0.440 e. The Morgan fingerprint density at radius 1 is 1.50 bits per heavy atom. The molecule has 2 aromatic heterocycles. The molecule has 0 saturated carbocycles. The van der Waals surface area contributed by atoms with E-state index in [-0.39, 0.29) is 16.9 Å². The first-order valence-corrected chi connectivity index (χ1v) is 8.59. The minimum atomic E-state index is -0.334. The Balaban J connectivity index is 1.56. The van der Waals surface area contributed by atoms with Gasteiger partial charge < -0.3 is 4.42 Å². The predicted octanol–water partition coefficient (Wildman–Crippen LogP) is 3.87. The second kappa shape index (κ2) is 6.81. The van der Waals surface area contributed by atoms with Gasteiger partial charge in [0.25, 0.3) is 5.91 Å². The van der Waals surface area contributed by atoms with Crippen LogP contribution in [0, 0.1) is 5.92 Å². The summed E-state index contributed by atoms with van der Waals surface area (Å²) in [6.07, 6.45) is 2.49. The van der Waals surface area contributed by atoms with Gasteiger partial charge in [-0.1, -0.05) is 6.92 Å². The van der Waals surface area contributed by atoms with Crippen molar-refractivity contribution in [3.8, 4) is 0 Å². The lowest BCUT2D eigenvalue weighted by Crippen LogP contribution is -2.32. The van der Waals surface area contributed by atoms with Gasteiger partial charge in [0, 0.05) is 11.9 Å². The van der Waals surface area contributed by atoms with Crippen LogP contribution in [0.25, 0.3) is 0 Å². The zero-order valence-corrected chi connectivity index (χ0v) is 13.9. The van der Waals surface area contributed by atoms with Crippen LogP contribution in [0.3, 0.4) is 0 Å².